The maximum absolute atomic E-state index is 11.6. The molecular weight excluding hydrogens is 444 g/mol. The quantitative estimate of drug-likeness (QED) is 0.311. The van der Waals surface area contributed by atoms with Crippen molar-refractivity contribution in [2.45, 2.75) is 50.3 Å². The van der Waals surface area contributed by atoms with Crippen molar-refractivity contribution in [3.8, 4) is 0 Å². The van der Waals surface area contributed by atoms with Crippen LogP contribution >= 0.6 is 0 Å². The number of rotatable bonds is 7. The number of para-hydroxylation sites is 1. The van der Waals surface area contributed by atoms with Gasteiger partial charge in [0.05, 0.1) is 10.3 Å². The van der Waals surface area contributed by atoms with Gasteiger partial charge in [-0.1, -0.05) is 49.8 Å². The van der Waals surface area contributed by atoms with Crippen molar-refractivity contribution in [3.05, 3.63) is 89.7 Å². The standard InChI is InChI=1S/C28H32N2O3S/c1-5-6-18-30-22(19-21-20-23(34(31,32)33)16-17-25(21)30)12-8-7-9-15-27-28(2,3)24-13-10-11-14-26(24)29(27)4/h7-17,20H,5-6,18-19H2,1-4H3/p+1. The minimum atomic E-state index is -4.21. The Hall–Kier alpha value is -2.96. The third-order valence-electron chi connectivity index (χ3n) is 6.80. The number of benzene rings is 2. The molecule has 0 aromatic heterocycles. The summed E-state index contributed by atoms with van der Waals surface area (Å²) in [6.07, 6.45) is 13.2. The van der Waals surface area contributed by atoms with Crippen molar-refractivity contribution >= 4 is 27.2 Å². The van der Waals surface area contributed by atoms with Crippen LogP contribution in [0.1, 0.15) is 44.7 Å². The lowest BCUT2D eigenvalue weighted by Crippen LogP contribution is -2.26. The van der Waals surface area contributed by atoms with E-state index in [9.17, 15) is 13.0 Å². The molecule has 1 N–H and O–H groups in total. The Kier molecular flexibility index (Phi) is 6.65. The number of hydrogen-bond donors (Lipinski definition) is 1. The van der Waals surface area contributed by atoms with Crippen LogP contribution in [-0.4, -0.2) is 36.9 Å². The Balaban J connectivity index is 1.55. The first-order chi connectivity index (χ1) is 16.1. The fourth-order valence-corrected chi connectivity index (χ4v) is 5.51. The summed E-state index contributed by atoms with van der Waals surface area (Å²) in [6.45, 7) is 7.54. The molecule has 0 bridgehead atoms. The van der Waals surface area contributed by atoms with Gasteiger partial charge in [-0.15, -0.1) is 0 Å². The summed E-state index contributed by atoms with van der Waals surface area (Å²) in [7, 11) is -2.10. The molecule has 0 saturated carbocycles. The van der Waals surface area contributed by atoms with E-state index in [-0.39, 0.29) is 10.3 Å². The summed E-state index contributed by atoms with van der Waals surface area (Å²) in [6, 6.07) is 13.4. The van der Waals surface area contributed by atoms with Crippen molar-refractivity contribution < 1.29 is 17.5 Å². The van der Waals surface area contributed by atoms with Crippen molar-refractivity contribution in [1.82, 2.24) is 0 Å². The SMILES string of the molecule is CCCCN1C(=CC=CC=CC2=[N+](C)c3ccccc3C2(C)C)Cc2cc(S(=O)(=O)O)ccc21. The first-order valence-corrected chi connectivity index (χ1v) is 13.2. The van der Waals surface area contributed by atoms with Gasteiger partial charge in [0.25, 0.3) is 10.1 Å². The second kappa shape index (κ2) is 9.35. The molecule has 4 rings (SSSR count). The average molecular weight is 478 g/mol. The second-order valence-corrected chi connectivity index (χ2v) is 10.9. The lowest BCUT2D eigenvalue weighted by Gasteiger charge is -2.21. The molecule has 2 aromatic carbocycles. The van der Waals surface area contributed by atoms with E-state index in [0.717, 1.165) is 36.3 Å². The van der Waals surface area contributed by atoms with Crippen LogP contribution in [0.3, 0.4) is 0 Å². The van der Waals surface area contributed by atoms with Crippen LogP contribution in [0.4, 0.5) is 11.4 Å². The minimum Gasteiger partial charge on any atom is -0.345 e. The largest absolute Gasteiger partial charge is 0.345 e. The summed E-state index contributed by atoms with van der Waals surface area (Å²) in [5.74, 6) is 0. The first kappa shape index (κ1) is 24.2. The maximum atomic E-state index is 11.6. The van der Waals surface area contributed by atoms with Gasteiger partial charge in [0.15, 0.2) is 5.71 Å². The molecule has 0 spiro atoms. The van der Waals surface area contributed by atoms with E-state index in [2.05, 4.69) is 79.8 Å². The van der Waals surface area contributed by atoms with Crippen molar-refractivity contribution in [2.24, 2.45) is 0 Å². The third kappa shape index (κ3) is 4.52. The van der Waals surface area contributed by atoms with E-state index in [1.54, 1.807) is 12.1 Å². The zero-order valence-electron chi connectivity index (χ0n) is 20.3. The monoisotopic (exact) mass is 477 g/mol. The molecule has 2 aliphatic heterocycles. The molecule has 0 atom stereocenters. The molecule has 2 aromatic rings. The Morgan fingerprint density at radius 3 is 2.59 bits per heavy atom. The van der Waals surface area contributed by atoms with Gasteiger partial charge in [0.1, 0.15) is 7.05 Å². The highest BCUT2D eigenvalue weighted by Gasteiger charge is 2.42. The van der Waals surface area contributed by atoms with Gasteiger partial charge in [-0.2, -0.15) is 13.0 Å². The van der Waals surface area contributed by atoms with E-state index < -0.39 is 10.1 Å². The Labute approximate surface area is 203 Å². The second-order valence-electron chi connectivity index (χ2n) is 9.44. The molecule has 0 saturated heterocycles. The van der Waals surface area contributed by atoms with Crippen LogP contribution in [0.2, 0.25) is 0 Å². The molecule has 0 amide bonds. The summed E-state index contributed by atoms with van der Waals surface area (Å²) < 4.78 is 34.8. The van der Waals surface area contributed by atoms with Gasteiger partial charge in [0, 0.05) is 42.1 Å². The van der Waals surface area contributed by atoms with Crippen LogP contribution in [0, 0.1) is 0 Å². The number of fused-ring (bicyclic) bond motifs is 2. The molecule has 34 heavy (non-hydrogen) atoms. The Morgan fingerprint density at radius 1 is 1.12 bits per heavy atom. The molecular formula is C28H33N2O3S+. The van der Waals surface area contributed by atoms with Crippen LogP contribution in [-0.2, 0) is 22.0 Å². The highest BCUT2D eigenvalue weighted by molar-refractivity contribution is 7.85. The Morgan fingerprint density at radius 2 is 1.88 bits per heavy atom. The molecule has 2 aliphatic rings. The number of allylic oxidation sites excluding steroid dienone is 6. The van der Waals surface area contributed by atoms with Crippen molar-refractivity contribution in [2.75, 3.05) is 18.5 Å². The van der Waals surface area contributed by atoms with E-state index >= 15 is 0 Å². The first-order valence-electron chi connectivity index (χ1n) is 11.8. The predicted molar refractivity (Wildman–Crippen MR) is 139 cm³/mol. The molecule has 0 radical (unpaired) electrons. The summed E-state index contributed by atoms with van der Waals surface area (Å²) in [5, 5.41) is 0. The number of anilines is 1. The zero-order valence-corrected chi connectivity index (χ0v) is 21.1. The van der Waals surface area contributed by atoms with E-state index in [4.69, 9.17) is 0 Å². The van der Waals surface area contributed by atoms with Gasteiger partial charge in [-0.25, -0.2) is 0 Å². The van der Waals surface area contributed by atoms with Gasteiger partial charge >= 0.3 is 0 Å². The minimum absolute atomic E-state index is 0.0526. The number of nitrogens with zero attached hydrogens (tertiary/aromatic N) is 2. The summed E-state index contributed by atoms with van der Waals surface area (Å²) >= 11 is 0. The van der Waals surface area contributed by atoms with Gasteiger partial charge < -0.3 is 4.90 Å². The highest BCUT2D eigenvalue weighted by atomic mass is 32.2. The highest BCUT2D eigenvalue weighted by Crippen LogP contribution is 2.39. The van der Waals surface area contributed by atoms with E-state index in [1.807, 2.05) is 12.2 Å². The van der Waals surface area contributed by atoms with E-state index in [0.29, 0.717) is 6.42 Å². The normalized spacial score (nSPS) is 18.5. The molecule has 178 valence electrons. The fraction of sp³-hybridized carbons (Fsp3) is 0.321. The van der Waals surface area contributed by atoms with E-state index in [1.165, 1.54) is 23.0 Å². The molecule has 0 fully saturated rings. The summed E-state index contributed by atoms with van der Waals surface area (Å²) in [5.41, 5.74) is 6.84. The van der Waals surface area contributed by atoms with Gasteiger partial charge in [-0.05, 0) is 50.1 Å². The zero-order chi connectivity index (χ0) is 24.5. The molecule has 6 heteroatoms. The molecule has 0 aliphatic carbocycles. The maximum Gasteiger partial charge on any atom is 0.294 e. The van der Waals surface area contributed by atoms with Crippen molar-refractivity contribution in [1.29, 1.82) is 0 Å². The van der Waals surface area contributed by atoms with Crippen LogP contribution in [0.5, 0.6) is 0 Å². The lowest BCUT2D eigenvalue weighted by molar-refractivity contribution is -0.401. The van der Waals surface area contributed by atoms with Crippen molar-refractivity contribution in [3.63, 3.8) is 0 Å². The number of unbranched alkanes of at least 4 members (excludes halogenated alkanes) is 1. The van der Waals surface area contributed by atoms with Crippen LogP contribution in [0.25, 0.3) is 0 Å². The predicted octanol–water partition coefficient (Wildman–Crippen LogP) is 5.80. The molecule has 2 heterocycles. The molecule has 0 unspecified atom stereocenters. The fourth-order valence-electron chi connectivity index (χ4n) is 4.98. The number of hydrogen-bond acceptors (Lipinski definition) is 3. The van der Waals surface area contributed by atoms with Crippen LogP contribution in [0.15, 0.2) is 83.4 Å². The smallest absolute Gasteiger partial charge is 0.294 e. The average Bonchev–Trinajstić information content (AvgIpc) is 3.23. The topological polar surface area (TPSA) is 60.6 Å². The lowest BCUT2D eigenvalue weighted by atomic mass is 9.81. The van der Waals surface area contributed by atoms with Gasteiger partial charge in [0.2, 0.25) is 5.69 Å². The third-order valence-corrected chi connectivity index (χ3v) is 7.65. The summed E-state index contributed by atoms with van der Waals surface area (Å²) in [4.78, 5) is 2.20. The molecule has 5 nitrogen and oxygen atoms in total. The van der Waals surface area contributed by atoms with Gasteiger partial charge in [-0.3, -0.25) is 4.55 Å². The van der Waals surface area contributed by atoms with Crippen LogP contribution < -0.4 is 4.90 Å². The Bertz CT molecular complexity index is 1330.